The number of rotatable bonds is 6. The molecule has 0 unspecified atom stereocenters. The Morgan fingerprint density at radius 2 is 1.78 bits per heavy atom. The van der Waals surface area contributed by atoms with Gasteiger partial charge in [0.2, 0.25) is 10.0 Å². The maximum Gasteiger partial charge on any atom is 0.251 e. The van der Waals surface area contributed by atoms with Gasteiger partial charge in [-0.15, -0.1) is 0 Å². The van der Waals surface area contributed by atoms with Gasteiger partial charge in [0.1, 0.15) is 10.6 Å². The first-order valence-electron chi connectivity index (χ1n) is 7.57. The molecule has 7 heteroatoms. The molecule has 0 radical (unpaired) electrons. The van der Waals surface area contributed by atoms with E-state index in [1.807, 2.05) is 20.8 Å². The van der Waals surface area contributed by atoms with Crippen molar-refractivity contribution in [1.82, 2.24) is 9.62 Å². The summed E-state index contributed by atoms with van der Waals surface area (Å²) >= 11 is 0. The van der Waals surface area contributed by atoms with E-state index in [-0.39, 0.29) is 22.1 Å². The molecule has 0 bridgehead atoms. The van der Waals surface area contributed by atoms with Gasteiger partial charge in [0.25, 0.3) is 5.91 Å². The Kier molecular flexibility index (Phi) is 6.18. The first kappa shape index (κ1) is 19.4. The van der Waals surface area contributed by atoms with Crippen LogP contribution in [0.3, 0.4) is 0 Å². The lowest BCUT2D eigenvalue weighted by molar-refractivity contribution is 0.0919. The molecular formula is C16H26N2O4S. The minimum absolute atomic E-state index is 0.00487. The lowest BCUT2D eigenvalue weighted by Crippen LogP contribution is -2.40. The molecule has 0 atom stereocenters. The van der Waals surface area contributed by atoms with Crippen LogP contribution in [0.4, 0.5) is 0 Å². The van der Waals surface area contributed by atoms with Crippen LogP contribution in [0.25, 0.3) is 0 Å². The van der Waals surface area contributed by atoms with E-state index in [0.717, 1.165) is 0 Å². The summed E-state index contributed by atoms with van der Waals surface area (Å²) in [5, 5.41) is 2.82. The third kappa shape index (κ3) is 4.68. The van der Waals surface area contributed by atoms with Crippen molar-refractivity contribution in [1.29, 1.82) is 0 Å². The molecule has 1 rings (SSSR count). The number of amides is 1. The molecule has 0 aliphatic rings. The molecular weight excluding hydrogens is 316 g/mol. The number of hydrogen-bond acceptors (Lipinski definition) is 4. The van der Waals surface area contributed by atoms with Gasteiger partial charge in [0, 0.05) is 24.2 Å². The van der Waals surface area contributed by atoms with Crippen molar-refractivity contribution in [3.05, 3.63) is 23.8 Å². The van der Waals surface area contributed by atoms with Crippen molar-refractivity contribution in [2.45, 2.75) is 45.1 Å². The van der Waals surface area contributed by atoms with Crippen molar-refractivity contribution < 1.29 is 17.9 Å². The van der Waals surface area contributed by atoms with Crippen molar-refractivity contribution in [3.8, 4) is 5.75 Å². The fourth-order valence-electron chi connectivity index (χ4n) is 2.13. The first-order chi connectivity index (χ1) is 10.6. The lowest BCUT2D eigenvalue weighted by atomic mass is 10.1. The Morgan fingerprint density at radius 3 is 2.22 bits per heavy atom. The van der Waals surface area contributed by atoms with Crippen LogP contribution < -0.4 is 10.1 Å². The molecule has 1 amide bonds. The van der Waals surface area contributed by atoms with Crippen LogP contribution in [-0.2, 0) is 10.0 Å². The molecule has 1 N–H and O–H groups in total. The Hall–Kier alpha value is -1.60. The number of carbonyl (C=O) groups excluding carboxylic acids is 1. The third-order valence-corrected chi connectivity index (χ3v) is 5.31. The zero-order valence-corrected chi connectivity index (χ0v) is 15.5. The Balaban J connectivity index is 3.37. The van der Waals surface area contributed by atoms with E-state index < -0.39 is 15.6 Å². The van der Waals surface area contributed by atoms with Gasteiger partial charge in [0.15, 0.2) is 0 Å². The van der Waals surface area contributed by atoms with Gasteiger partial charge < -0.3 is 10.1 Å². The summed E-state index contributed by atoms with van der Waals surface area (Å²) in [5.74, 6) is -0.0969. The minimum Gasteiger partial charge on any atom is -0.495 e. The number of benzene rings is 1. The lowest BCUT2D eigenvalue weighted by Gasteiger charge is -2.22. The van der Waals surface area contributed by atoms with Gasteiger partial charge in [0.05, 0.1) is 7.11 Å². The number of carbonyl (C=O) groups is 1. The van der Waals surface area contributed by atoms with Crippen LogP contribution in [0, 0.1) is 0 Å². The largest absolute Gasteiger partial charge is 0.495 e. The van der Waals surface area contributed by atoms with Crippen LogP contribution in [0.2, 0.25) is 0 Å². The second kappa shape index (κ2) is 7.31. The average Bonchev–Trinajstić information content (AvgIpc) is 2.45. The predicted octanol–water partition coefficient (Wildman–Crippen LogP) is 2.25. The summed E-state index contributed by atoms with van der Waals surface area (Å²) < 4.78 is 32.0. The first-order valence-corrected chi connectivity index (χ1v) is 9.01. The molecule has 0 fully saturated rings. The zero-order chi connectivity index (χ0) is 17.8. The molecule has 0 aromatic heterocycles. The van der Waals surface area contributed by atoms with Crippen LogP contribution in [0.1, 0.15) is 45.0 Å². The summed E-state index contributed by atoms with van der Waals surface area (Å²) in [4.78, 5) is 12.3. The second-order valence-electron chi connectivity index (χ2n) is 6.16. The summed E-state index contributed by atoms with van der Waals surface area (Å²) in [7, 11) is -2.31. The van der Waals surface area contributed by atoms with E-state index in [2.05, 4.69) is 5.32 Å². The van der Waals surface area contributed by atoms with Crippen LogP contribution in [0.5, 0.6) is 5.75 Å². The van der Waals surface area contributed by atoms with Gasteiger partial charge >= 0.3 is 0 Å². The van der Waals surface area contributed by atoms with Crippen molar-refractivity contribution in [3.63, 3.8) is 0 Å². The van der Waals surface area contributed by atoms with Crippen molar-refractivity contribution in [2.75, 3.05) is 20.2 Å². The van der Waals surface area contributed by atoms with Gasteiger partial charge in [-0.1, -0.05) is 13.8 Å². The van der Waals surface area contributed by atoms with E-state index in [1.165, 1.54) is 23.5 Å². The smallest absolute Gasteiger partial charge is 0.251 e. The van der Waals surface area contributed by atoms with E-state index in [4.69, 9.17) is 4.74 Å². The average molecular weight is 342 g/mol. The Labute approximate surface area is 138 Å². The molecule has 23 heavy (non-hydrogen) atoms. The maximum absolute atomic E-state index is 12.7. The molecule has 0 aliphatic heterocycles. The predicted molar refractivity (Wildman–Crippen MR) is 90.3 cm³/mol. The Bertz CT molecular complexity index is 659. The van der Waals surface area contributed by atoms with E-state index in [0.29, 0.717) is 13.1 Å². The fraction of sp³-hybridized carbons (Fsp3) is 0.562. The molecule has 0 heterocycles. The van der Waals surface area contributed by atoms with Gasteiger partial charge in [-0.25, -0.2) is 8.42 Å². The van der Waals surface area contributed by atoms with Crippen LogP contribution >= 0.6 is 0 Å². The number of nitrogens with zero attached hydrogens (tertiary/aromatic N) is 1. The monoisotopic (exact) mass is 342 g/mol. The van der Waals surface area contributed by atoms with Crippen LogP contribution in [0.15, 0.2) is 23.1 Å². The maximum atomic E-state index is 12.7. The molecule has 1 aromatic rings. The number of sulfonamides is 1. The summed E-state index contributed by atoms with van der Waals surface area (Å²) in [5.41, 5.74) is -0.124. The molecule has 6 nitrogen and oxygen atoms in total. The van der Waals surface area contributed by atoms with E-state index in [9.17, 15) is 13.2 Å². The van der Waals surface area contributed by atoms with Crippen LogP contribution in [-0.4, -0.2) is 44.4 Å². The second-order valence-corrected chi connectivity index (χ2v) is 8.07. The molecule has 130 valence electrons. The molecule has 1 aromatic carbocycles. The standard InChI is InChI=1S/C16H26N2O4S/c1-7-18(8-2)23(20,21)14-11-12(9-10-13(14)22-6)15(19)17-16(3,4)5/h9-11H,7-8H2,1-6H3,(H,17,19). The molecule has 0 saturated heterocycles. The van der Waals surface area contributed by atoms with Gasteiger partial charge in [-0.3, -0.25) is 4.79 Å². The van der Waals surface area contributed by atoms with Gasteiger partial charge in [-0.05, 0) is 39.0 Å². The topological polar surface area (TPSA) is 75.7 Å². The number of methoxy groups -OCH3 is 1. The Morgan fingerprint density at radius 1 is 1.22 bits per heavy atom. The van der Waals surface area contributed by atoms with Crippen molar-refractivity contribution in [2.24, 2.45) is 0 Å². The fourth-order valence-corrected chi connectivity index (χ4v) is 3.77. The molecule has 0 aliphatic carbocycles. The molecule has 0 spiro atoms. The number of nitrogens with one attached hydrogen (secondary N) is 1. The highest BCUT2D eigenvalue weighted by Gasteiger charge is 2.27. The number of hydrogen-bond donors (Lipinski definition) is 1. The third-order valence-electron chi connectivity index (χ3n) is 3.24. The summed E-state index contributed by atoms with van der Waals surface area (Å²) in [6.45, 7) is 9.82. The molecule has 0 saturated carbocycles. The van der Waals surface area contributed by atoms with E-state index in [1.54, 1.807) is 19.9 Å². The van der Waals surface area contributed by atoms with E-state index >= 15 is 0 Å². The minimum atomic E-state index is -3.72. The SMILES string of the molecule is CCN(CC)S(=O)(=O)c1cc(C(=O)NC(C)(C)C)ccc1OC. The quantitative estimate of drug-likeness (QED) is 0.860. The highest BCUT2D eigenvalue weighted by Crippen LogP contribution is 2.28. The van der Waals surface area contributed by atoms with Gasteiger partial charge in [-0.2, -0.15) is 4.31 Å². The highest BCUT2D eigenvalue weighted by molar-refractivity contribution is 7.89. The van der Waals surface area contributed by atoms with Crippen molar-refractivity contribution >= 4 is 15.9 Å². The number of ether oxygens (including phenoxy) is 1. The zero-order valence-electron chi connectivity index (χ0n) is 14.6. The highest BCUT2D eigenvalue weighted by atomic mass is 32.2. The normalized spacial score (nSPS) is 12.3. The summed E-state index contributed by atoms with van der Waals surface area (Å²) in [6, 6.07) is 4.43. The summed E-state index contributed by atoms with van der Waals surface area (Å²) in [6.07, 6.45) is 0.